The highest BCUT2D eigenvalue weighted by molar-refractivity contribution is 9.10. The lowest BCUT2D eigenvalue weighted by Crippen LogP contribution is -2.20. The van der Waals surface area contributed by atoms with Gasteiger partial charge in [-0.1, -0.05) is 79.2 Å². The summed E-state index contributed by atoms with van der Waals surface area (Å²) in [6, 6.07) is 21.9. The third-order valence-corrected chi connectivity index (χ3v) is 6.74. The minimum absolute atomic E-state index is 0.0479. The molecule has 4 aromatic rings. The van der Waals surface area contributed by atoms with Gasteiger partial charge in [0.1, 0.15) is 6.54 Å². The fraction of sp³-hybridized carbons (Fsp3) is 0.214. The molecule has 0 aliphatic carbocycles. The molecular formula is C28H28BrN5O3. The molecule has 0 aliphatic heterocycles. The summed E-state index contributed by atoms with van der Waals surface area (Å²) in [5, 5.41) is 13.7. The number of halogens is 1. The van der Waals surface area contributed by atoms with Crippen molar-refractivity contribution in [3.8, 4) is 11.3 Å². The van der Waals surface area contributed by atoms with Crippen LogP contribution in [0.5, 0.6) is 0 Å². The van der Waals surface area contributed by atoms with E-state index in [-0.39, 0.29) is 29.5 Å². The van der Waals surface area contributed by atoms with Crippen LogP contribution in [0.3, 0.4) is 0 Å². The highest BCUT2D eigenvalue weighted by Gasteiger charge is 2.22. The second kappa shape index (κ2) is 10.6. The van der Waals surface area contributed by atoms with E-state index in [1.165, 1.54) is 29.8 Å². The maximum Gasteiger partial charge on any atom is 0.269 e. The second-order valence-corrected chi connectivity index (χ2v) is 10.7. The van der Waals surface area contributed by atoms with Crippen molar-refractivity contribution in [3.63, 3.8) is 0 Å². The Bertz CT molecular complexity index is 1440. The van der Waals surface area contributed by atoms with Crippen LogP contribution in [0.25, 0.3) is 11.3 Å². The van der Waals surface area contributed by atoms with Gasteiger partial charge >= 0.3 is 0 Å². The van der Waals surface area contributed by atoms with Crippen molar-refractivity contribution in [2.75, 3.05) is 11.1 Å². The first kappa shape index (κ1) is 26.1. The van der Waals surface area contributed by atoms with E-state index in [9.17, 15) is 14.9 Å². The number of hydrogen-bond donors (Lipinski definition) is 2. The van der Waals surface area contributed by atoms with Gasteiger partial charge in [-0.25, -0.2) is 4.98 Å². The van der Waals surface area contributed by atoms with E-state index in [2.05, 4.69) is 71.3 Å². The number of nitrogens with two attached hydrogens (primary N) is 1. The Morgan fingerprint density at radius 3 is 2.30 bits per heavy atom. The number of rotatable bonds is 7. The smallest absolute Gasteiger partial charge is 0.269 e. The summed E-state index contributed by atoms with van der Waals surface area (Å²) >= 11 is 3.63. The fourth-order valence-corrected chi connectivity index (χ4v) is 4.56. The van der Waals surface area contributed by atoms with Gasteiger partial charge in [0.25, 0.3) is 5.69 Å². The number of nitrogen functional groups attached to an aromatic ring is 1. The molecule has 0 unspecified atom stereocenters. The zero-order chi connectivity index (χ0) is 26.7. The average Bonchev–Trinajstić information content (AvgIpc) is 3.13. The van der Waals surface area contributed by atoms with E-state index < -0.39 is 4.92 Å². The van der Waals surface area contributed by atoms with Crippen molar-refractivity contribution in [1.29, 1.82) is 0 Å². The monoisotopic (exact) mass is 561 g/mol. The molecule has 1 heterocycles. The predicted molar refractivity (Wildman–Crippen MR) is 149 cm³/mol. The van der Waals surface area contributed by atoms with Crippen LogP contribution in [0.15, 0.2) is 77.3 Å². The van der Waals surface area contributed by atoms with Gasteiger partial charge in [0.05, 0.1) is 16.3 Å². The molecule has 0 bridgehead atoms. The van der Waals surface area contributed by atoms with Crippen LogP contribution >= 0.6 is 15.9 Å². The number of aromatic nitrogens is 2. The summed E-state index contributed by atoms with van der Waals surface area (Å²) in [4.78, 5) is 28.0. The van der Waals surface area contributed by atoms with E-state index in [1.807, 2.05) is 24.3 Å². The number of benzene rings is 3. The zero-order valence-electron chi connectivity index (χ0n) is 20.9. The van der Waals surface area contributed by atoms with Gasteiger partial charge in [0.15, 0.2) is 0 Å². The molecule has 0 saturated carbocycles. The number of anilines is 2. The third-order valence-electron chi connectivity index (χ3n) is 6.05. The van der Waals surface area contributed by atoms with E-state index in [0.717, 1.165) is 27.0 Å². The fourth-order valence-electron chi connectivity index (χ4n) is 4.09. The van der Waals surface area contributed by atoms with Crippen molar-refractivity contribution >= 4 is 39.2 Å². The molecular weight excluding hydrogens is 534 g/mol. The number of nitrogens with one attached hydrogen (secondary N) is 1. The van der Waals surface area contributed by atoms with Crippen molar-refractivity contribution in [2.45, 2.75) is 39.2 Å². The predicted octanol–water partition coefficient (Wildman–Crippen LogP) is 6.33. The summed E-state index contributed by atoms with van der Waals surface area (Å²) in [6.07, 6.45) is 0.544. The summed E-state index contributed by atoms with van der Waals surface area (Å²) in [5.41, 5.74) is 11.5. The lowest BCUT2D eigenvalue weighted by atomic mass is 9.86. The van der Waals surface area contributed by atoms with Crippen LogP contribution in [0, 0.1) is 10.1 Å². The van der Waals surface area contributed by atoms with Crippen LogP contribution in [0.4, 0.5) is 17.3 Å². The zero-order valence-corrected chi connectivity index (χ0v) is 22.5. The lowest BCUT2D eigenvalue weighted by molar-refractivity contribution is -0.384. The Labute approximate surface area is 223 Å². The number of carbonyl (C=O) groups excluding carboxylic acids is 1. The maximum absolute atomic E-state index is 13.0. The molecule has 3 N–H and O–H groups in total. The highest BCUT2D eigenvalue weighted by Crippen LogP contribution is 2.34. The first-order chi connectivity index (χ1) is 17.5. The minimum atomic E-state index is -0.486. The number of carbonyl (C=O) groups is 1. The normalized spacial score (nSPS) is 11.4. The molecule has 3 aromatic carbocycles. The number of hydrogen-bond acceptors (Lipinski definition) is 5. The summed E-state index contributed by atoms with van der Waals surface area (Å²) in [7, 11) is 0. The molecule has 190 valence electrons. The van der Waals surface area contributed by atoms with Crippen molar-refractivity contribution in [3.05, 3.63) is 104 Å². The molecule has 1 amide bonds. The number of amides is 1. The number of imidazole rings is 1. The summed E-state index contributed by atoms with van der Waals surface area (Å²) < 4.78 is 2.55. The Hall–Kier alpha value is -3.98. The Morgan fingerprint density at radius 1 is 1.05 bits per heavy atom. The molecule has 37 heavy (non-hydrogen) atoms. The quantitative estimate of drug-likeness (QED) is 0.202. The lowest BCUT2D eigenvalue weighted by Gasteiger charge is -2.19. The first-order valence-corrected chi connectivity index (χ1v) is 12.6. The molecule has 8 nitrogen and oxygen atoms in total. The van der Waals surface area contributed by atoms with Gasteiger partial charge in [-0.2, -0.15) is 0 Å². The van der Waals surface area contributed by atoms with Crippen LogP contribution < -0.4 is 11.1 Å². The van der Waals surface area contributed by atoms with Gasteiger partial charge in [0, 0.05) is 34.3 Å². The van der Waals surface area contributed by atoms with E-state index in [0.29, 0.717) is 12.1 Å². The SMILES string of the molecule is CC(C)(C)c1ccc(Cc2nc(N)n(CC(=O)Nc3ccc([N+](=O)[O-])cc3)c2-c2ccccc2Br)cc1. The van der Waals surface area contributed by atoms with Crippen LogP contribution in [0.2, 0.25) is 0 Å². The van der Waals surface area contributed by atoms with Crippen LogP contribution in [0.1, 0.15) is 37.6 Å². The minimum Gasteiger partial charge on any atom is -0.369 e. The number of nitro benzene ring substituents is 1. The van der Waals surface area contributed by atoms with Gasteiger partial charge in [-0.3, -0.25) is 14.9 Å². The maximum atomic E-state index is 13.0. The van der Waals surface area contributed by atoms with Crippen LogP contribution in [-0.2, 0) is 23.2 Å². The van der Waals surface area contributed by atoms with E-state index >= 15 is 0 Å². The molecule has 0 spiro atoms. The number of nitro groups is 1. The second-order valence-electron chi connectivity index (χ2n) is 9.81. The number of non-ortho nitro benzene ring substituents is 1. The van der Waals surface area contributed by atoms with Crippen molar-refractivity contribution < 1.29 is 9.72 Å². The molecule has 0 atom stereocenters. The summed E-state index contributed by atoms with van der Waals surface area (Å²) in [5.74, 6) is -0.0988. The Balaban J connectivity index is 1.65. The van der Waals surface area contributed by atoms with Crippen LogP contribution in [-0.4, -0.2) is 20.4 Å². The standard InChI is InChI=1S/C28H28BrN5O3/c1-28(2,3)19-10-8-18(9-11-19)16-24-26(22-6-4-5-7-23(22)29)33(27(30)32-24)17-25(35)31-20-12-14-21(15-13-20)34(36)37/h4-15H,16-17H2,1-3H3,(H2,30,32)(H,31,35). The Kier molecular flexibility index (Phi) is 7.45. The topological polar surface area (TPSA) is 116 Å². The third kappa shape index (κ3) is 6.06. The first-order valence-electron chi connectivity index (χ1n) is 11.8. The average molecular weight is 562 g/mol. The van der Waals surface area contributed by atoms with Gasteiger partial charge < -0.3 is 15.6 Å². The van der Waals surface area contributed by atoms with E-state index in [4.69, 9.17) is 5.73 Å². The highest BCUT2D eigenvalue weighted by atomic mass is 79.9. The van der Waals surface area contributed by atoms with Crippen molar-refractivity contribution in [1.82, 2.24) is 9.55 Å². The molecule has 0 aliphatic rings. The molecule has 0 fully saturated rings. The Morgan fingerprint density at radius 2 is 1.70 bits per heavy atom. The van der Waals surface area contributed by atoms with Gasteiger partial charge in [-0.15, -0.1) is 0 Å². The molecule has 0 saturated heterocycles. The van der Waals surface area contributed by atoms with Gasteiger partial charge in [0.2, 0.25) is 11.9 Å². The number of nitrogens with zero attached hydrogens (tertiary/aromatic N) is 3. The van der Waals surface area contributed by atoms with Crippen molar-refractivity contribution in [2.24, 2.45) is 0 Å². The molecule has 0 radical (unpaired) electrons. The van der Waals surface area contributed by atoms with E-state index in [1.54, 1.807) is 4.57 Å². The largest absolute Gasteiger partial charge is 0.369 e. The molecule has 9 heteroatoms. The molecule has 4 rings (SSSR count). The summed E-state index contributed by atoms with van der Waals surface area (Å²) in [6.45, 7) is 6.46. The van der Waals surface area contributed by atoms with Gasteiger partial charge in [-0.05, 0) is 34.7 Å². The molecule has 1 aromatic heterocycles.